The lowest BCUT2D eigenvalue weighted by Gasteiger charge is -2.18. The molecule has 4 rings (SSSR count). The summed E-state index contributed by atoms with van der Waals surface area (Å²) in [5.41, 5.74) is 0.374. The molecule has 0 bridgehead atoms. The lowest BCUT2D eigenvalue weighted by molar-refractivity contribution is -0.117. The molecule has 2 aliphatic heterocycles. The molecule has 0 unspecified atom stereocenters. The van der Waals surface area contributed by atoms with Gasteiger partial charge in [-0.1, -0.05) is 11.6 Å². The van der Waals surface area contributed by atoms with Gasteiger partial charge in [-0.25, -0.2) is 9.18 Å². The minimum absolute atomic E-state index is 0.00327. The SMILES string of the molecule is CO[C@H]1CN(CC(=O)Nc2ccc(N3CCOC3=O)cc2F)C[C@@H]1NC(=O)c1ccc(Cl)s1. The van der Waals surface area contributed by atoms with Gasteiger partial charge in [0.25, 0.3) is 5.91 Å². The molecular formula is C21H22ClFN4O5S. The van der Waals surface area contributed by atoms with Gasteiger partial charge >= 0.3 is 6.09 Å². The molecule has 3 heterocycles. The maximum absolute atomic E-state index is 14.5. The first-order valence-corrected chi connectivity index (χ1v) is 11.4. The van der Waals surface area contributed by atoms with Crippen LogP contribution in [0.25, 0.3) is 0 Å². The van der Waals surface area contributed by atoms with Crippen molar-refractivity contribution in [3.63, 3.8) is 0 Å². The van der Waals surface area contributed by atoms with Crippen LogP contribution in [-0.4, -0.2) is 74.8 Å². The van der Waals surface area contributed by atoms with Crippen LogP contribution >= 0.6 is 22.9 Å². The van der Waals surface area contributed by atoms with Gasteiger partial charge in [-0.15, -0.1) is 11.3 Å². The van der Waals surface area contributed by atoms with Crippen LogP contribution in [-0.2, 0) is 14.3 Å². The number of nitrogens with zero attached hydrogens (tertiary/aromatic N) is 2. The zero-order valence-electron chi connectivity index (χ0n) is 17.7. The van der Waals surface area contributed by atoms with E-state index in [4.69, 9.17) is 21.1 Å². The van der Waals surface area contributed by atoms with Crippen molar-refractivity contribution >= 4 is 52.2 Å². The fourth-order valence-electron chi connectivity index (χ4n) is 3.83. The third-order valence-electron chi connectivity index (χ3n) is 5.42. The van der Waals surface area contributed by atoms with Gasteiger partial charge in [-0.3, -0.25) is 19.4 Å². The summed E-state index contributed by atoms with van der Waals surface area (Å²) in [5.74, 6) is -1.32. The molecule has 33 heavy (non-hydrogen) atoms. The van der Waals surface area contributed by atoms with Crippen molar-refractivity contribution in [1.29, 1.82) is 0 Å². The van der Waals surface area contributed by atoms with E-state index in [9.17, 15) is 18.8 Å². The summed E-state index contributed by atoms with van der Waals surface area (Å²) in [6.45, 7) is 1.42. The number of carbonyl (C=O) groups is 3. The lowest BCUT2D eigenvalue weighted by Crippen LogP contribution is -2.43. The van der Waals surface area contributed by atoms with Gasteiger partial charge in [-0.2, -0.15) is 0 Å². The highest BCUT2D eigenvalue weighted by Crippen LogP contribution is 2.25. The normalized spacial score (nSPS) is 20.7. The van der Waals surface area contributed by atoms with Crippen LogP contribution in [0.3, 0.4) is 0 Å². The van der Waals surface area contributed by atoms with Crippen molar-refractivity contribution in [3.05, 3.63) is 45.4 Å². The predicted octanol–water partition coefficient (Wildman–Crippen LogP) is 2.56. The molecular weight excluding hydrogens is 475 g/mol. The summed E-state index contributed by atoms with van der Waals surface area (Å²) in [6, 6.07) is 7.13. The average molecular weight is 497 g/mol. The van der Waals surface area contributed by atoms with Crippen molar-refractivity contribution in [1.82, 2.24) is 10.2 Å². The maximum atomic E-state index is 14.5. The standard InChI is InChI=1S/C21H22ClFN4O5S/c1-31-16-10-26(9-15(16)25-20(29)17-4-5-18(22)33-17)11-19(28)24-14-3-2-12(8-13(14)23)27-6-7-32-21(27)30/h2-5,8,15-16H,6-7,9-11H2,1H3,(H,24,28)(H,25,29)/t15-,16-/m0/s1. The van der Waals surface area contributed by atoms with Gasteiger partial charge < -0.3 is 20.1 Å². The number of thiophene rings is 1. The fourth-order valence-corrected chi connectivity index (χ4v) is 4.77. The van der Waals surface area contributed by atoms with Crippen molar-refractivity contribution in [2.45, 2.75) is 12.1 Å². The molecule has 1 aromatic heterocycles. The molecule has 2 saturated heterocycles. The van der Waals surface area contributed by atoms with E-state index in [1.807, 2.05) is 4.90 Å². The highest BCUT2D eigenvalue weighted by Gasteiger charge is 2.35. The van der Waals surface area contributed by atoms with Crippen LogP contribution in [0, 0.1) is 5.82 Å². The molecule has 2 N–H and O–H groups in total. The quantitative estimate of drug-likeness (QED) is 0.611. The molecule has 1 aromatic carbocycles. The Labute approximate surface area is 198 Å². The smallest absolute Gasteiger partial charge is 0.414 e. The van der Waals surface area contributed by atoms with Crippen LogP contribution in [0.15, 0.2) is 30.3 Å². The van der Waals surface area contributed by atoms with Gasteiger partial charge in [-0.05, 0) is 30.3 Å². The van der Waals surface area contributed by atoms with E-state index >= 15 is 0 Å². The van der Waals surface area contributed by atoms with Crippen molar-refractivity contribution in [2.75, 3.05) is 50.1 Å². The van der Waals surface area contributed by atoms with Crippen LogP contribution in [0.4, 0.5) is 20.6 Å². The van der Waals surface area contributed by atoms with E-state index in [0.29, 0.717) is 34.5 Å². The second-order valence-electron chi connectivity index (χ2n) is 7.63. The van der Waals surface area contributed by atoms with Gasteiger partial charge in [0.1, 0.15) is 12.4 Å². The minimum Gasteiger partial charge on any atom is -0.447 e. The average Bonchev–Trinajstić information content (AvgIpc) is 3.49. The molecule has 0 saturated carbocycles. The van der Waals surface area contributed by atoms with Crippen LogP contribution in [0.5, 0.6) is 0 Å². The van der Waals surface area contributed by atoms with Gasteiger partial charge in [0.2, 0.25) is 5.91 Å². The summed E-state index contributed by atoms with van der Waals surface area (Å²) in [7, 11) is 1.54. The Morgan fingerprint density at radius 1 is 1.30 bits per heavy atom. The maximum Gasteiger partial charge on any atom is 0.414 e. The van der Waals surface area contributed by atoms with E-state index in [1.54, 1.807) is 25.3 Å². The number of cyclic esters (lactones) is 1. The summed E-state index contributed by atoms with van der Waals surface area (Å²) >= 11 is 7.08. The number of amides is 3. The fraction of sp³-hybridized carbons (Fsp3) is 0.381. The Bertz CT molecular complexity index is 1070. The van der Waals surface area contributed by atoms with Gasteiger partial charge in [0.15, 0.2) is 0 Å². The molecule has 0 radical (unpaired) electrons. The summed E-state index contributed by atoms with van der Waals surface area (Å²) < 4.78 is 25.4. The highest BCUT2D eigenvalue weighted by molar-refractivity contribution is 7.18. The summed E-state index contributed by atoms with van der Waals surface area (Å²) in [5, 5.41) is 5.47. The molecule has 0 aliphatic carbocycles. The number of carbonyl (C=O) groups excluding carboxylic acids is 3. The first kappa shape index (κ1) is 23.4. The van der Waals surface area contributed by atoms with E-state index < -0.39 is 17.8 Å². The minimum atomic E-state index is -0.656. The number of benzene rings is 1. The highest BCUT2D eigenvalue weighted by atomic mass is 35.5. The van der Waals surface area contributed by atoms with Crippen molar-refractivity contribution in [2.24, 2.45) is 0 Å². The molecule has 0 spiro atoms. The first-order chi connectivity index (χ1) is 15.8. The molecule has 9 nitrogen and oxygen atoms in total. The van der Waals surface area contributed by atoms with E-state index in [2.05, 4.69) is 10.6 Å². The van der Waals surface area contributed by atoms with Crippen LogP contribution in [0.1, 0.15) is 9.67 Å². The van der Waals surface area contributed by atoms with E-state index in [0.717, 1.165) is 0 Å². The number of ether oxygens (including phenoxy) is 2. The Morgan fingerprint density at radius 2 is 2.12 bits per heavy atom. The number of hydrogen-bond donors (Lipinski definition) is 2. The molecule has 2 aliphatic rings. The number of rotatable bonds is 7. The Morgan fingerprint density at radius 3 is 2.76 bits per heavy atom. The Hall–Kier alpha value is -2.73. The predicted molar refractivity (Wildman–Crippen MR) is 122 cm³/mol. The van der Waals surface area contributed by atoms with Crippen LogP contribution < -0.4 is 15.5 Å². The van der Waals surface area contributed by atoms with Crippen LogP contribution in [0.2, 0.25) is 4.34 Å². The molecule has 3 amide bonds. The summed E-state index contributed by atoms with van der Waals surface area (Å²) in [4.78, 5) is 40.2. The topological polar surface area (TPSA) is 100 Å². The molecule has 2 aromatic rings. The molecule has 2 atom stereocenters. The van der Waals surface area contributed by atoms with Gasteiger partial charge in [0, 0.05) is 20.2 Å². The third kappa shape index (κ3) is 5.44. The second-order valence-corrected chi connectivity index (χ2v) is 9.35. The molecule has 12 heteroatoms. The monoisotopic (exact) mass is 496 g/mol. The van der Waals surface area contributed by atoms with E-state index in [1.165, 1.54) is 28.4 Å². The zero-order valence-corrected chi connectivity index (χ0v) is 19.2. The number of halogens is 2. The molecule has 2 fully saturated rings. The lowest BCUT2D eigenvalue weighted by atomic mass is 10.2. The van der Waals surface area contributed by atoms with Crippen molar-refractivity contribution < 1.29 is 28.2 Å². The summed E-state index contributed by atoms with van der Waals surface area (Å²) in [6.07, 6.45) is -0.829. The number of likely N-dealkylation sites (tertiary alicyclic amines) is 1. The largest absolute Gasteiger partial charge is 0.447 e. The van der Waals surface area contributed by atoms with Gasteiger partial charge in [0.05, 0.1) is 45.8 Å². The Kier molecular flexibility index (Phi) is 7.13. The first-order valence-electron chi connectivity index (χ1n) is 10.2. The number of nitrogens with one attached hydrogen (secondary N) is 2. The number of hydrogen-bond acceptors (Lipinski definition) is 7. The van der Waals surface area contributed by atoms with Crippen molar-refractivity contribution in [3.8, 4) is 0 Å². The van der Waals surface area contributed by atoms with E-state index in [-0.39, 0.29) is 36.9 Å². The number of anilines is 2. The zero-order chi connectivity index (χ0) is 23.5. The third-order valence-corrected chi connectivity index (χ3v) is 6.65. The second kappa shape index (κ2) is 10.0. The Balaban J connectivity index is 1.33. The number of methoxy groups -OCH3 is 1. The molecule has 176 valence electrons.